The molecule has 1 atom stereocenters. The lowest BCUT2D eigenvalue weighted by molar-refractivity contribution is -0.148. The first-order valence-electron chi connectivity index (χ1n) is 11.1. The van der Waals surface area contributed by atoms with Crippen LogP contribution in [0.5, 0.6) is 5.75 Å². The van der Waals surface area contributed by atoms with Gasteiger partial charge in [-0.1, -0.05) is 48.0 Å². The molecule has 0 aromatic heterocycles. The lowest BCUT2D eigenvalue weighted by Gasteiger charge is -2.34. The summed E-state index contributed by atoms with van der Waals surface area (Å²) >= 11 is 0. The standard InChI is InChI=1S/C26H25FN2O6S/c1-18-11-13-20(14-12-18)36(32,33)28(15-19-7-3-4-8-21(19)27)17-25(30)29-16-24(26(31)34-2)35-23-10-6-5-9-22(23)29/h3-14,24H,15-17H2,1-2H3/t24-/m0/s1. The number of para-hydroxylation sites is 2. The number of aryl methyl sites for hydroxylation is 1. The molecular weight excluding hydrogens is 487 g/mol. The van der Waals surface area contributed by atoms with Gasteiger partial charge in [0.15, 0.2) is 0 Å². The number of carbonyl (C=O) groups excluding carboxylic acids is 2. The van der Waals surface area contributed by atoms with Crippen molar-refractivity contribution in [2.75, 3.05) is 25.1 Å². The van der Waals surface area contributed by atoms with Gasteiger partial charge in [0.2, 0.25) is 22.0 Å². The van der Waals surface area contributed by atoms with Gasteiger partial charge in [-0.3, -0.25) is 4.79 Å². The number of sulfonamides is 1. The second kappa shape index (κ2) is 10.5. The maximum absolute atomic E-state index is 14.5. The number of methoxy groups -OCH3 is 1. The molecule has 3 aromatic rings. The minimum Gasteiger partial charge on any atom is -0.475 e. The van der Waals surface area contributed by atoms with Crippen molar-refractivity contribution in [1.82, 2.24) is 4.31 Å². The van der Waals surface area contributed by atoms with Crippen molar-refractivity contribution in [3.8, 4) is 5.75 Å². The molecule has 188 valence electrons. The van der Waals surface area contributed by atoms with Crippen LogP contribution >= 0.6 is 0 Å². The van der Waals surface area contributed by atoms with E-state index in [0.29, 0.717) is 5.69 Å². The molecule has 0 aliphatic carbocycles. The monoisotopic (exact) mass is 512 g/mol. The van der Waals surface area contributed by atoms with E-state index in [1.165, 1.54) is 42.3 Å². The number of nitrogens with zero attached hydrogens (tertiary/aromatic N) is 2. The quantitative estimate of drug-likeness (QED) is 0.451. The Hall–Kier alpha value is -3.76. The number of ether oxygens (including phenoxy) is 2. The summed E-state index contributed by atoms with van der Waals surface area (Å²) in [6, 6.07) is 18.6. The molecule has 1 aliphatic heterocycles. The summed E-state index contributed by atoms with van der Waals surface area (Å²) in [5, 5.41) is 0. The van der Waals surface area contributed by atoms with Crippen LogP contribution in [-0.4, -0.2) is 50.9 Å². The van der Waals surface area contributed by atoms with Gasteiger partial charge in [0.05, 0.1) is 30.8 Å². The first-order valence-corrected chi connectivity index (χ1v) is 12.6. The molecule has 0 unspecified atom stereocenters. The molecule has 1 heterocycles. The number of esters is 1. The maximum atomic E-state index is 14.5. The van der Waals surface area contributed by atoms with Crippen LogP contribution in [0.15, 0.2) is 77.7 Å². The molecule has 0 saturated heterocycles. The summed E-state index contributed by atoms with van der Waals surface area (Å²) in [5.74, 6) is -1.57. The van der Waals surface area contributed by atoms with E-state index in [9.17, 15) is 22.4 Å². The average Bonchev–Trinajstić information content (AvgIpc) is 2.88. The van der Waals surface area contributed by atoms with Crippen LogP contribution in [0.3, 0.4) is 0 Å². The van der Waals surface area contributed by atoms with Crippen LogP contribution in [0.2, 0.25) is 0 Å². The molecule has 0 N–H and O–H groups in total. The number of hydrogen-bond acceptors (Lipinski definition) is 6. The van der Waals surface area contributed by atoms with E-state index in [4.69, 9.17) is 9.47 Å². The molecule has 0 radical (unpaired) electrons. The molecule has 4 rings (SSSR count). The molecule has 1 aliphatic rings. The number of benzene rings is 3. The van der Waals surface area contributed by atoms with Crippen molar-refractivity contribution in [3.05, 3.63) is 89.7 Å². The van der Waals surface area contributed by atoms with Crippen LogP contribution in [0.25, 0.3) is 0 Å². The topological polar surface area (TPSA) is 93.2 Å². The molecule has 1 amide bonds. The Bertz CT molecular complexity index is 1380. The summed E-state index contributed by atoms with van der Waals surface area (Å²) in [4.78, 5) is 27.0. The highest BCUT2D eigenvalue weighted by Gasteiger charge is 2.36. The molecule has 0 fully saturated rings. The van der Waals surface area contributed by atoms with Gasteiger partial charge in [-0.2, -0.15) is 4.31 Å². The lowest BCUT2D eigenvalue weighted by atomic mass is 10.1. The number of fused-ring (bicyclic) bond motifs is 1. The maximum Gasteiger partial charge on any atom is 0.348 e. The zero-order valence-corrected chi connectivity index (χ0v) is 20.6. The van der Waals surface area contributed by atoms with Crippen molar-refractivity contribution in [2.45, 2.75) is 24.5 Å². The summed E-state index contributed by atoms with van der Waals surface area (Å²) < 4.78 is 53.0. The van der Waals surface area contributed by atoms with Crippen LogP contribution in [0.1, 0.15) is 11.1 Å². The van der Waals surface area contributed by atoms with Gasteiger partial charge in [-0.05, 0) is 37.3 Å². The highest BCUT2D eigenvalue weighted by atomic mass is 32.2. The first-order chi connectivity index (χ1) is 17.2. The van der Waals surface area contributed by atoms with Gasteiger partial charge in [-0.15, -0.1) is 0 Å². The van der Waals surface area contributed by atoms with Gasteiger partial charge >= 0.3 is 5.97 Å². The van der Waals surface area contributed by atoms with Crippen molar-refractivity contribution < 1.29 is 31.9 Å². The highest BCUT2D eigenvalue weighted by Crippen LogP contribution is 2.34. The SMILES string of the molecule is COC(=O)[C@@H]1CN(C(=O)CN(Cc2ccccc2F)S(=O)(=O)c2ccc(C)cc2)c2ccccc2O1. The number of rotatable bonds is 7. The average molecular weight is 513 g/mol. The summed E-state index contributed by atoms with van der Waals surface area (Å²) in [6.07, 6.45) is -1.08. The van der Waals surface area contributed by atoms with E-state index in [0.717, 1.165) is 9.87 Å². The van der Waals surface area contributed by atoms with Crippen LogP contribution in [-0.2, 0) is 30.9 Å². The summed E-state index contributed by atoms with van der Waals surface area (Å²) in [7, 11) is -2.97. The van der Waals surface area contributed by atoms with Crippen LogP contribution in [0, 0.1) is 12.7 Å². The van der Waals surface area contributed by atoms with Crippen LogP contribution in [0.4, 0.5) is 10.1 Å². The Labute approximate surface area is 208 Å². The number of hydrogen-bond donors (Lipinski definition) is 0. The Morgan fingerprint density at radius 1 is 1.06 bits per heavy atom. The second-order valence-corrected chi connectivity index (χ2v) is 10.2. The molecule has 0 spiro atoms. The minimum atomic E-state index is -4.18. The predicted octanol–water partition coefficient (Wildman–Crippen LogP) is 3.29. The third-order valence-electron chi connectivity index (χ3n) is 5.81. The van der Waals surface area contributed by atoms with E-state index in [1.54, 1.807) is 42.5 Å². The van der Waals surface area contributed by atoms with Crippen LogP contribution < -0.4 is 9.64 Å². The predicted molar refractivity (Wildman–Crippen MR) is 130 cm³/mol. The third kappa shape index (κ3) is 5.24. The fraction of sp³-hybridized carbons (Fsp3) is 0.231. The van der Waals surface area contributed by atoms with Gasteiger partial charge < -0.3 is 14.4 Å². The first kappa shape index (κ1) is 25.3. The van der Waals surface area contributed by atoms with E-state index >= 15 is 0 Å². The van der Waals surface area contributed by atoms with Crippen molar-refractivity contribution >= 4 is 27.6 Å². The van der Waals surface area contributed by atoms with E-state index in [-0.39, 0.29) is 29.3 Å². The highest BCUT2D eigenvalue weighted by molar-refractivity contribution is 7.89. The Kier molecular flexibility index (Phi) is 7.37. The summed E-state index contributed by atoms with van der Waals surface area (Å²) in [6.45, 7) is 0.707. The largest absolute Gasteiger partial charge is 0.475 e. The number of amides is 1. The van der Waals surface area contributed by atoms with Crippen molar-refractivity contribution in [3.63, 3.8) is 0 Å². The molecule has 8 nitrogen and oxygen atoms in total. The molecular formula is C26H25FN2O6S. The normalized spacial score (nSPS) is 15.2. The molecule has 0 bridgehead atoms. The fourth-order valence-electron chi connectivity index (χ4n) is 3.86. The zero-order valence-electron chi connectivity index (χ0n) is 19.8. The zero-order chi connectivity index (χ0) is 25.9. The van der Waals surface area contributed by atoms with Gasteiger partial charge in [0.1, 0.15) is 11.6 Å². The second-order valence-electron chi connectivity index (χ2n) is 8.28. The smallest absolute Gasteiger partial charge is 0.348 e. The van der Waals surface area contributed by atoms with Gasteiger partial charge in [-0.25, -0.2) is 17.6 Å². The van der Waals surface area contributed by atoms with E-state index < -0.39 is 40.4 Å². The van der Waals surface area contributed by atoms with Crippen molar-refractivity contribution in [1.29, 1.82) is 0 Å². The minimum absolute atomic E-state index is 0.0212. The molecule has 3 aromatic carbocycles. The van der Waals surface area contributed by atoms with Gasteiger partial charge in [0, 0.05) is 12.1 Å². The Balaban J connectivity index is 1.70. The number of halogens is 1. The van der Waals surface area contributed by atoms with E-state index in [1.807, 2.05) is 6.92 Å². The third-order valence-corrected chi connectivity index (χ3v) is 7.62. The Morgan fingerprint density at radius 2 is 1.72 bits per heavy atom. The fourth-order valence-corrected chi connectivity index (χ4v) is 5.23. The summed E-state index contributed by atoms with van der Waals surface area (Å²) in [5.41, 5.74) is 1.38. The molecule has 10 heteroatoms. The van der Waals surface area contributed by atoms with Crippen molar-refractivity contribution in [2.24, 2.45) is 0 Å². The molecule has 0 saturated carbocycles. The molecule has 36 heavy (non-hydrogen) atoms. The van der Waals surface area contributed by atoms with E-state index in [2.05, 4.69) is 0 Å². The lowest BCUT2D eigenvalue weighted by Crippen LogP contribution is -2.50. The number of anilines is 1. The Morgan fingerprint density at radius 3 is 2.42 bits per heavy atom. The van der Waals surface area contributed by atoms with Gasteiger partial charge in [0.25, 0.3) is 0 Å². The number of carbonyl (C=O) groups is 2.